The highest BCUT2D eigenvalue weighted by atomic mass is 32.2. The minimum Gasteiger partial charge on any atom is -0.396 e. The van der Waals surface area contributed by atoms with Gasteiger partial charge in [0.15, 0.2) is 54.4 Å². The summed E-state index contributed by atoms with van der Waals surface area (Å²) >= 11 is 1.50. The van der Waals surface area contributed by atoms with E-state index in [0.29, 0.717) is 91.2 Å². The number of aliphatic hydroxyl groups excluding tert-OH is 1. The van der Waals surface area contributed by atoms with E-state index >= 15 is 0 Å². The van der Waals surface area contributed by atoms with E-state index in [-0.39, 0.29) is 155 Å². The number of carbonyl (C=O) groups is 5. The van der Waals surface area contributed by atoms with Crippen molar-refractivity contribution in [3.05, 3.63) is 23.3 Å². The molecule has 0 amide bonds. The van der Waals surface area contributed by atoms with Gasteiger partial charge in [0.2, 0.25) is 0 Å². The lowest BCUT2D eigenvalue weighted by Gasteiger charge is -2.72. The second-order valence-electron chi connectivity index (χ2n) is 53.0. The number of Topliss-reactive ketones (excluding diaryl/α,β-unsaturated/α-hetero) is 2. The molecule has 780 valence electrons. The predicted octanol–water partition coefficient (Wildman–Crippen LogP) is 23.3. The van der Waals surface area contributed by atoms with Crippen molar-refractivity contribution in [3.8, 4) is 0 Å². The molecule has 16 rings (SSSR count). The summed E-state index contributed by atoms with van der Waals surface area (Å²) in [5.74, 6) is 4.66. The van der Waals surface area contributed by atoms with Crippen LogP contribution >= 0.6 is 11.8 Å². The average molecular weight is 1940 g/mol. The van der Waals surface area contributed by atoms with Crippen LogP contribution in [0.4, 0.5) is 0 Å². The molecule has 18 unspecified atom stereocenters. The summed E-state index contributed by atoms with van der Waals surface area (Å²) in [5, 5.41) is 11.4. The van der Waals surface area contributed by atoms with Crippen LogP contribution in [-0.2, 0) is 90.3 Å². The summed E-state index contributed by atoms with van der Waals surface area (Å²) in [4.78, 5) is 68.2. The molecule has 137 heavy (non-hydrogen) atoms. The van der Waals surface area contributed by atoms with Crippen LogP contribution < -0.4 is 0 Å². The van der Waals surface area contributed by atoms with Crippen LogP contribution in [0, 0.1) is 183 Å². The van der Waals surface area contributed by atoms with E-state index in [4.69, 9.17) is 66.3 Å². The van der Waals surface area contributed by atoms with Crippen molar-refractivity contribution in [1.82, 2.24) is 0 Å². The molecular weight excluding hydrogens is 1750 g/mol. The van der Waals surface area contributed by atoms with Gasteiger partial charge in [-0.3, -0.25) is 14.4 Å². The zero-order valence-corrected chi connectivity index (χ0v) is 92.1. The van der Waals surface area contributed by atoms with Crippen LogP contribution in [0.2, 0.25) is 0 Å². The minimum atomic E-state index is -0.994. The van der Waals surface area contributed by atoms with Gasteiger partial charge < -0.3 is 81.0 Å². The number of thioether (sulfide) groups is 1. The van der Waals surface area contributed by atoms with Gasteiger partial charge in [0.05, 0.1) is 79.5 Å². The Hall–Kier alpha value is -2.42. The summed E-state index contributed by atoms with van der Waals surface area (Å²) in [6.07, 6.45) is 17.4. The Kier molecular flexibility index (Phi) is 31.9. The summed E-state index contributed by atoms with van der Waals surface area (Å²) in [6.45, 7) is 70.7. The molecule has 0 aromatic rings. The van der Waals surface area contributed by atoms with E-state index in [0.717, 1.165) is 121 Å². The van der Waals surface area contributed by atoms with Crippen molar-refractivity contribution in [3.63, 3.8) is 0 Å². The first-order valence-electron chi connectivity index (χ1n) is 55.1. The smallest absolute Gasteiger partial charge is 0.187 e. The molecule has 0 spiro atoms. The maximum absolute atomic E-state index is 14.2. The van der Waals surface area contributed by atoms with Crippen LogP contribution in [0.1, 0.15) is 343 Å². The highest BCUT2D eigenvalue weighted by molar-refractivity contribution is 8.13. The van der Waals surface area contributed by atoms with Crippen molar-refractivity contribution in [1.29, 1.82) is 0 Å². The van der Waals surface area contributed by atoms with Gasteiger partial charge in [-0.25, -0.2) is 0 Å². The summed E-state index contributed by atoms with van der Waals surface area (Å²) in [7, 11) is 3.78. The zero-order chi connectivity index (χ0) is 100. The van der Waals surface area contributed by atoms with Crippen LogP contribution in [0.25, 0.3) is 0 Å². The third-order valence-corrected chi connectivity index (χ3v) is 46.4. The second-order valence-corrected chi connectivity index (χ2v) is 54.2. The van der Waals surface area contributed by atoms with E-state index < -0.39 is 97.4 Å². The van der Waals surface area contributed by atoms with Gasteiger partial charge >= 0.3 is 0 Å². The number of hydrogen-bond donors (Lipinski definition) is 1. The topological polar surface area (TPSA) is 235 Å². The molecule has 6 saturated heterocycles. The van der Waals surface area contributed by atoms with E-state index in [1.54, 1.807) is 31.9 Å². The third kappa shape index (κ3) is 18.2. The van der Waals surface area contributed by atoms with E-state index in [1.807, 2.05) is 28.1 Å². The molecular formula is C116H190O20S. The molecule has 0 aromatic carbocycles. The Bertz CT molecular complexity index is 4320. The maximum atomic E-state index is 14.2. The largest absolute Gasteiger partial charge is 0.396 e. The molecule has 48 atom stereocenters. The van der Waals surface area contributed by atoms with Crippen LogP contribution in [-0.4, -0.2) is 185 Å². The van der Waals surface area contributed by atoms with Crippen molar-refractivity contribution in [2.75, 3.05) is 39.8 Å². The third-order valence-electron chi connectivity index (χ3n) is 45.4. The van der Waals surface area contributed by atoms with Crippen molar-refractivity contribution >= 4 is 41.0 Å². The highest BCUT2D eigenvalue weighted by Gasteiger charge is 2.75. The summed E-state index contributed by atoms with van der Waals surface area (Å²) in [5.41, 5.74) is 0.982. The van der Waals surface area contributed by atoms with E-state index in [2.05, 4.69) is 192 Å². The second kappa shape index (κ2) is 40.2. The van der Waals surface area contributed by atoms with E-state index in [1.165, 1.54) is 24.3 Å². The zero-order valence-electron chi connectivity index (χ0n) is 91.3. The minimum absolute atomic E-state index is 0.0208. The average Bonchev–Trinajstić information content (AvgIpc) is 0.672. The Balaban J connectivity index is 0.000000208. The molecule has 16 aliphatic rings. The monoisotopic (exact) mass is 1940 g/mol. The SMILES string of the molecule is CCC1O[C@@H](OC2[C@H](O[C@H]3CCC4(C)C5CC=C6C7CC(C)(C)CC[C@]7(CO)C(OC)C[C@@]6(C)[C@@]5(C)CC[C@H]4[C@@]3(C)C=O)OC(C(C)=O)[C@@H](C)[C@@H]2O[C@@H]2OC[C@@H](C)[C@H](C)C2C)C(C)[C@@H](C)[C@H]1C.CCC1O[C@@H](OC2[C@H](O[C@H]3CCC4(C)C5CC=C6C7CC(C)(C)CC[C@]7(CSC(C)=O)C(OC)C[C@@]6(C)[C@@]5(C)CC[C@H]4[C@@]3(C)C=O)OC(C(C)=O)[C@@H](C)[C@@H]2O[C@@H]2OC[C@@H](C)[C@H](C)C2C)C(C)[C@@H](C)[C@H]1C. The number of aldehydes is 2. The van der Waals surface area contributed by atoms with E-state index in [9.17, 15) is 29.1 Å². The molecule has 1 N–H and O–H groups in total. The normalized spacial score (nSPS) is 53.2. The van der Waals surface area contributed by atoms with Gasteiger partial charge in [-0.2, -0.15) is 0 Å². The van der Waals surface area contributed by atoms with Gasteiger partial charge in [-0.05, 0) is 268 Å². The number of methoxy groups -OCH3 is 2. The summed E-state index contributed by atoms with van der Waals surface area (Å²) < 4.78 is 97.1. The lowest BCUT2D eigenvalue weighted by molar-refractivity contribution is -0.374. The molecule has 20 nitrogen and oxygen atoms in total. The molecule has 0 bridgehead atoms. The summed E-state index contributed by atoms with van der Waals surface area (Å²) in [6, 6.07) is 0. The van der Waals surface area contributed by atoms with Gasteiger partial charge in [0, 0.05) is 73.2 Å². The standard InChI is InChI=1S/C59H96O10S.C57H94O10/c1-18-43-35(5)34(4)37(7)52(65-43)69-50-49(68-51-36(6)33(3)32(2)29-64-51)38(8)48(39(9)61)67-53(50)66-46-22-23-55(13)44(56(46,14)30-60)21-24-57(15)45(55)20-19-41-42-27-54(11,12)25-26-59(42,31-70-40(10)62)47(63-17)28-58(41,57)16;1-17-41-34(5)33(4)36(7)50(63-41)67-48-47(66-49-35(6)32(3)31(2)28-62-49)37(8)46(38(9)60)65-51(48)64-44-21-22-53(12)42(54(44,13)29-58)20-23-55(14)43(53)19-18-39-40-26-52(10,11)24-25-57(40,30-59)45(61-16)27-56(39,55)15/h19,30,32-38,42-53H,18,20-29,31H2,1-17H3;18,29,31-37,40-51,59H,17,19-28,30H2,1-16H3/t32-,33+,34+,35-,36?,37?,38-,42?,43?,44-,45?,46+,47?,48?,49+,50?,51+,52+,53-,55?,56-,57+,58-,59-;31-,32+,33+,34-,35?,36?,37-,40?,41?,42-,43?,44+,45?,46?,47+,48?,49+,50+,51-,53?,54-,55+,56-,57-/m11/s1. The number of carbonyl (C=O) groups excluding carboxylic acids is 5. The first kappa shape index (κ1) is 109. The first-order chi connectivity index (χ1) is 64.2. The highest BCUT2D eigenvalue weighted by Crippen LogP contribution is 2.79. The lowest BCUT2D eigenvalue weighted by Crippen LogP contribution is -2.68. The van der Waals surface area contributed by atoms with Gasteiger partial charge in [0.1, 0.15) is 37.0 Å². The van der Waals surface area contributed by atoms with Crippen molar-refractivity contribution in [2.45, 2.75) is 454 Å². The lowest BCUT2D eigenvalue weighted by atomic mass is 9.33. The van der Waals surface area contributed by atoms with Crippen LogP contribution in [0.3, 0.4) is 0 Å². The number of fused-ring (bicyclic) bond motifs is 14. The van der Waals surface area contributed by atoms with Crippen molar-refractivity contribution in [2.24, 2.45) is 183 Å². The Labute approximate surface area is 832 Å². The number of ether oxygens (including phenoxy) is 14. The molecule has 0 radical (unpaired) electrons. The Morgan fingerprint density at radius 1 is 0.401 bits per heavy atom. The van der Waals surface area contributed by atoms with Gasteiger partial charge in [-0.1, -0.05) is 229 Å². The Morgan fingerprint density at radius 3 is 1.12 bits per heavy atom. The van der Waals surface area contributed by atoms with Crippen LogP contribution in [0.15, 0.2) is 23.3 Å². The fraction of sp³-hybridized carbons (Fsp3) is 0.922. The van der Waals surface area contributed by atoms with Gasteiger partial charge in [0.25, 0.3) is 0 Å². The Morgan fingerprint density at radius 2 is 0.766 bits per heavy atom. The van der Waals surface area contributed by atoms with Crippen molar-refractivity contribution < 1.29 is 95.4 Å². The molecule has 10 aliphatic carbocycles. The number of ketones is 2. The number of aliphatic hydroxyl groups is 1. The van der Waals surface area contributed by atoms with Crippen LogP contribution in [0.5, 0.6) is 0 Å². The molecule has 6 heterocycles. The predicted molar refractivity (Wildman–Crippen MR) is 535 cm³/mol. The number of rotatable bonds is 23. The molecule has 6 aliphatic heterocycles. The maximum Gasteiger partial charge on any atom is 0.187 e. The quantitative estimate of drug-likeness (QED) is 0.0569. The molecule has 14 fully saturated rings. The fourth-order valence-electron chi connectivity index (χ4n) is 34.3. The molecule has 8 saturated carbocycles. The number of allylic oxidation sites excluding steroid dienone is 4. The number of hydrogen-bond acceptors (Lipinski definition) is 21. The molecule has 0 aromatic heterocycles. The molecule has 21 heteroatoms. The fourth-order valence-corrected chi connectivity index (χ4v) is 35.3. The first-order valence-corrected chi connectivity index (χ1v) is 56.1. The van der Waals surface area contributed by atoms with Gasteiger partial charge in [-0.15, -0.1) is 0 Å².